The Bertz CT molecular complexity index is 1940. The van der Waals surface area contributed by atoms with E-state index in [2.05, 4.69) is 43.6 Å². The van der Waals surface area contributed by atoms with Crippen molar-refractivity contribution in [3.8, 4) is 33.2 Å². The van der Waals surface area contributed by atoms with Gasteiger partial charge >= 0.3 is 0 Å². The lowest BCUT2D eigenvalue weighted by Crippen LogP contribution is -2.18. The third-order valence-electron chi connectivity index (χ3n) is 7.50. The standard InChI is InChI=1S/C31H26FN7S/c1-16(2)24-9-10-25(40-24)29-28-23(11-12-34-29)36-31(37-28)30-26-22(38-39-30)8-7-21(27(26)32)19-13-20(15-33-14-19)35-17(3)18-5-4-6-18/h7-15,18,35H,1,3-6H2,2H3,(H,36,37)(H,38,39). The summed E-state index contributed by atoms with van der Waals surface area (Å²) in [6.07, 6.45) is 8.68. The summed E-state index contributed by atoms with van der Waals surface area (Å²) in [6, 6.07) is 11.4. The first-order valence-electron chi connectivity index (χ1n) is 13.2. The van der Waals surface area contributed by atoms with Crippen molar-refractivity contribution in [2.24, 2.45) is 5.92 Å². The molecule has 40 heavy (non-hydrogen) atoms. The minimum Gasteiger partial charge on any atom is -0.358 e. The fraction of sp³-hybridized carbons (Fsp3) is 0.161. The van der Waals surface area contributed by atoms with Gasteiger partial charge in [-0.3, -0.25) is 15.1 Å². The van der Waals surface area contributed by atoms with E-state index in [1.54, 1.807) is 36.0 Å². The number of fused-ring (bicyclic) bond motifs is 2. The van der Waals surface area contributed by atoms with Gasteiger partial charge in [-0.1, -0.05) is 19.6 Å². The van der Waals surface area contributed by atoms with Crippen molar-refractivity contribution < 1.29 is 4.39 Å². The Morgan fingerprint density at radius 1 is 1.07 bits per heavy atom. The van der Waals surface area contributed by atoms with Crippen LogP contribution in [0.15, 0.2) is 73.8 Å². The average molecular weight is 548 g/mol. The van der Waals surface area contributed by atoms with Gasteiger partial charge in [0.1, 0.15) is 22.7 Å². The molecule has 7 nitrogen and oxygen atoms in total. The molecule has 5 heterocycles. The maximum Gasteiger partial charge on any atom is 0.159 e. The van der Waals surface area contributed by atoms with E-state index in [4.69, 9.17) is 4.98 Å². The van der Waals surface area contributed by atoms with Gasteiger partial charge in [-0.2, -0.15) is 5.10 Å². The summed E-state index contributed by atoms with van der Waals surface area (Å²) in [5.41, 5.74) is 7.13. The second-order valence-corrected chi connectivity index (χ2v) is 11.3. The molecule has 9 heteroatoms. The minimum absolute atomic E-state index is 0.365. The molecule has 0 spiro atoms. The third-order valence-corrected chi connectivity index (χ3v) is 8.76. The summed E-state index contributed by atoms with van der Waals surface area (Å²) in [6.45, 7) is 10.2. The zero-order valence-electron chi connectivity index (χ0n) is 21.9. The number of rotatable bonds is 7. The van der Waals surface area contributed by atoms with Crippen LogP contribution in [0.3, 0.4) is 0 Å². The van der Waals surface area contributed by atoms with Gasteiger partial charge in [-0.25, -0.2) is 9.37 Å². The molecule has 1 aliphatic carbocycles. The van der Waals surface area contributed by atoms with E-state index < -0.39 is 0 Å². The first-order chi connectivity index (χ1) is 19.5. The molecular formula is C31H26FN7S. The van der Waals surface area contributed by atoms with Crippen molar-refractivity contribution in [1.29, 1.82) is 0 Å². The van der Waals surface area contributed by atoms with Crippen molar-refractivity contribution in [2.75, 3.05) is 5.32 Å². The number of nitrogens with zero attached hydrogens (tertiary/aromatic N) is 4. The Morgan fingerprint density at radius 3 is 2.73 bits per heavy atom. The van der Waals surface area contributed by atoms with Crippen molar-refractivity contribution in [1.82, 2.24) is 30.1 Å². The van der Waals surface area contributed by atoms with Gasteiger partial charge in [0.25, 0.3) is 0 Å². The molecule has 5 aromatic heterocycles. The van der Waals surface area contributed by atoms with Gasteiger partial charge in [0, 0.05) is 34.1 Å². The fourth-order valence-electron chi connectivity index (χ4n) is 5.09. The highest BCUT2D eigenvalue weighted by molar-refractivity contribution is 7.16. The highest BCUT2D eigenvalue weighted by Crippen LogP contribution is 2.38. The highest BCUT2D eigenvalue weighted by atomic mass is 32.1. The maximum atomic E-state index is 16.2. The molecule has 6 aromatic rings. The summed E-state index contributed by atoms with van der Waals surface area (Å²) in [4.78, 5) is 19.2. The predicted molar refractivity (Wildman–Crippen MR) is 160 cm³/mol. The molecule has 0 amide bonds. The van der Waals surface area contributed by atoms with Crippen LogP contribution in [0.5, 0.6) is 0 Å². The summed E-state index contributed by atoms with van der Waals surface area (Å²) >= 11 is 1.62. The number of thiophene rings is 1. The Balaban J connectivity index is 1.28. The first-order valence-corrected chi connectivity index (χ1v) is 14.0. The van der Waals surface area contributed by atoms with E-state index in [-0.39, 0.29) is 5.82 Å². The van der Waals surface area contributed by atoms with Crippen LogP contribution in [0.2, 0.25) is 0 Å². The van der Waals surface area contributed by atoms with Gasteiger partial charge < -0.3 is 10.3 Å². The zero-order chi connectivity index (χ0) is 27.4. The number of halogens is 1. The van der Waals surface area contributed by atoms with E-state index in [1.807, 2.05) is 37.3 Å². The number of hydrogen-bond acceptors (Lipinski definition) is 6. The Hall–Kier alpha value is -4.63. The molecule has 0 atom stereocenters. The van der Waals surface area contributed by atoms with Crippen LogP contribution in [-0.2, 0) is 0 Å². The number of allylic oxidation sites excluding steroid dienone is 2. The second kappa shape index (κ2) is 9.53. The molecule has 0 radical (unpaired) electrons. The molecule has 0 saturated heterocycles. The second-order valence-electron chi connectivity index (χ2n) is 10.2. The van der Waals surface area contributed by atoms with Crippen LogP contribution in [0.25, 0.3) is 60.7 Å². The van der Waals surface area contributed by atoms with E-state index >= 15 is 4.39 Å². The molecule has 1 saturated carbocycles. The van der Waals surface area contributed by atoms with Crippen LogP contribution < -0.4 is 5.32 Å². The Morgan fingerprint density at radius 2 is 1.95 bits per heavy atom. The molecule has 0 unspecified atom stereocenters. The summed E-state index contributed by atoms with van der Waals surface area (Å²) < 4.78 is 16.2. The largest absolute Gasteiger partial charge is 0.358 e. The maximum absolute atomic E-state index is 16.2. The van der Waals surface area contributed by atoms with Gasteiger partial charge in [0.05, 0.1) is 33.2 Å². The van der Waals surface area contributed by atoms with Crippen LogP contribution in [0, 0.1) is 11.7 Å². The number of H-pyrrole nitrogens is 2. The average Bonchev–Trinajstić information content (AvgIpc) is 3.65. The molecule has 1 aliphatic rings. The van der Waals surface area contributed by atoms with Crippen molar-refractivity contribution in [3.63, 3.8) is 0 Å². The van der Waals surface area contributed by atoms with E-state index in [9.17, 15) is 0 Å². The number of anilines is 1. The number of nitrogens with one attached hydrogen (secondary N) is 3. The topological polar surface area (TPSA) is 95.2 Å². The van der Waals surface area contributed by atoms with Gasteiger partial charge in [0.15, 0.2) is 5.82 Å². The smallest absolute Gasteiger partial charge is 0.159 e. The molecule has 3 N–H and O–H groups in total. The highest BCUT2D eigenvalue weighted by Gasteiger charge is 2.22. The van der Waals surface area contributed by atoms with Crippen LogP contribution in [0.1, 0.15) is 31.1 Å². The number of pyridine rings is 2. The lowest BCUT2D eigenvalue weighted by Gasteiger charge is -2.28. The summed E-state index contributed by atoms with van der Waals surface area (Å²) in [5, 5.41) is 11.1. The minimum atomic E-state index is -0.388. The summed E-state index contributed by atoms with van der Waals surface area (Å²) in [5.74, 6) is 0.562. The molecule has 198 valence electrons. The van der Waals surface area contributed by atoms with Gasteiger partial charge in [-0.05, 0) is 67.7 Å². The van der Waals surface area contributed by atoms with Gasteiger partial charge in [0.2, 0.25) is 0 Å². The number of aromatic amines is 2. The van der Waals surface area contributed by atoms with Gasteiger partial charge in [-0.15, -0.1) is 11.3 Å². The van der Waals surface area contributed by atoms with Crippen LogP contribution in [0.4, 0.5) is 10.1 Å². The Kier molecular flexibility index (Phi) is 5.82. The normalized spacial score (nSPS) is 13.6. The lowest BCUT2D eigenvalue weighted by molar-refractivity contribution is 0.371. The summed E-state index contributed by atoms with van der Waals surface area (Å²) in [7, 11) is 0. The molecular weight excluding hydrogens is 521 g/mol. The number of benzene rings is 1. The number of hydrogen-bond donors (Lipinski definition) is 3. The van der Waals surface area contributed by atoms with Crippen LogP contribution in [-0.4, -0.2) is 30.1 Å². The van der Waals surface area contributed by atoms with E-state index in [0.29, 0.717) is 45.0 Å². The first kappa shape index (κ1) is 24.4. The number of imidazole rings is 1. The lowest BCUT2D eigenvalue weighted by atomic mass is 9.83. The third kappa shape index (κ3) is 4.10. The van der Waals surface area contributed by atoms with Crippen molar-refractivity contribution >= 4 is 44.5 Å². The van der Waals surface area contributed by atoms with Crippen molar-refractivity contribution in [2.45, 2.75) is 26.2 Å². The Labute approximate surface area is 233 Å². The van der Waals surface area contributed by atoms with Crippen molar-refractivity contribution in [3.05, 3.63) is 84.5 Å². The van der Waals surface area contributed by atoms with Crippen LogP contribution >= 0.6 is 11.3 Å². The van der Waals surface area contributed by atoms with E-state index in [0.717, 1.165) is 50.8 Å². The SMILES string of the molecule is C=C(C)c1ccc(-c2nccc3[nH]c(-c4n[nH]c5ccc(-c6cncc(NC(=C)C7CCC7)c6)c(F)c45)nc23)s1. The van der Waals surface area contributed by atoms with E-state index in [1.165, 1.54) is 6.42 Å². The molecule has 1 fully saturated rings. The predicted octanol–water partition coefficient (Wildman–Crippen LogP) is 8.19. The quantitative estimate of drug-likeness (QED) is 0.187. The number of aromatic nitrogens is 6. The molecule has 0 aliphatic heterocycles. The molecule has 1 aromatic carbocycles. The molecule has 7 rings (SSSR count). The zero-order valence-corrected chi connectivity index (χ0v) is 22.7. The molecule has 0 bridgehead atoms. The fourth-order valence-corrected chi connectivity index (χ4v) is 6.02. The monoisotopic (exact) mass is 547 g/mol.